The Hall–Kier alpha value is -3.62. The van der Waals surface area contributed by atoms with Gasteiger partial charge < -0.3 is 15.0 Å². The second-order valence-electron chi connectivity index (χ2n) is 8.01. The molecule has 0 bridgehead atoms. The van der Waals surface area contributed by atoms with Crippen LogP contribution in [0.15, 0.2) is 77.8 Å². The van der Waals surface area contributed by atoms with Crippen LogP contribution in [-0.2, 0) is 10.0 Å². The number of amides is 1. The van der Waals surface area contributed by atoms with Gasteiger partial charge in [-0.15, -0.1) is 0 Å². The molecule has 8 heteroatoms. The molecular weight excluding hydrogens is 450 g/mol. The first-order valence-corrected chi connectivity index (χ1v) is 12.3. The number of fused-ring (bicyclic) bond motifs is 1. The van der Waals surface area contributed by atoms with Gasteiger partial charge in [0.05, 0.1) is 12.0 Å². The maximum absolute atomic E-state index is 13.1. The summed E-state index contributed by atoms with van der Waals surface area (Å²) in [5.74, 6) is 0.295. The first kappa shape index (κ1) is 23.5. The summed E-state index contributed by atoms with van der Waals surface area (Å²) in [6.45, 7) is 2.11. The molecular formula is C26H27N3O4S. The van der Waals surface area contributed by atoms with Crippen molar-refractivity contribution in [3.8, 4) is 5.75 Å². The number of aryl methyl sites for hydroxylation is 1. The summed E-state index contributed by atoms with van der Waals surface area (Å²) in [7, 11) is -0.693. The highest BCUT2D eigenvalue weighted by Crippen LogP contribution is 2.31. The molecule has 3 aromatic carbocycles. The van der Waals surface area contributed by atoms with E-state index in [2.05, 4.69) is 21.1 Å². The maximum atomic E-state index is 13.1. The van der Waals surface area contributed by atoms with E-state index in [-0.39, 0.29) is 16.7 Å². The molecule has 4 aromatic rings. The zero-order valence-corrected chi connectivity index (χ0v) is 20.1. The Morgan fingerprint density at radius 1 is 1.06 bits per heavy atom. The Kier molecular flexibility index (Phi) is 6.72. The van der Waals surface area contributed by atoms with Crippen LogP contribution in [0.3, 0.4) is 0 Å². The number of para-hydroxylation sites is 1. The standard InChI is InChI=1S/C26H27N3O4S/c1-17-8-13-20(34(31,32)27-2)14-22(17)26(30)29-15-23(18-9-11-19(33-3)12-10-18)24-16-28-25-7-5-4-6-21(24)25/h4-14,16,23,27-28H,15H2,1-3H3,(H,29,30). The van der Waals surface area contributed by atoms with Crippen molar-refractivity contribution >= 4 is 26.8 Å². The van der Waals surface area contributed by atoms with Gasteiger partial charge in [0.25, 0.3) is 5.91 Å². The van der Waals surface area contributed by atoms with Crippen molar-refractivity contribution in [1.82, 2.24) is 15.0 Å². The number of H-pyrrole nitrogens is 1. The second kappa shape index (κ2) is 9.70. The van der Waals surface area contributed by atoms with Crippen LogP contribution in [0.2, 0.25) is 0 Å². The van der Waals surface area contributed by atoms with Crippen LogP contribution >= 0.6 is 0 Å². The van der Waals surface area contributed by atoms with Gasteiger partial charge in [0, 0.05) is 35.1 Å². The number of hydrogen-bond acceptors (Lipinski definition) is 4. The minimum absolute atomic E-state index is 0.0501. The van der Waals surface area contributed by atoms with Crippen molar-refractivity contribution < 1.29 is 17.9 Å². The highest BCUT2D eigenvalue weighted by atomic mass is 32.2. The molecule has 3 N–H and O–H groups in total. The summed E-state index contributed by atoms with van der Waals surface area (Å²) < 4.78 is 32.0. The molecule has 176 valence electrons. The highest BCUT2D eigenvalue weighted by molar-refractivity contribution is 7.89. The molecule has 4 rings (SSSR count). The molecule has 34 heavy (non-hydrogen) atoms. The van der Waals surface area contributed by atoms with Crippen molar-refractivity contribution in [2.75, 3.05) is 20.7 Å². The molecule has 0 fully saturated rings. The predicted octanol–water partition coefficient (Wildman–Crippen LogP) is 3.95. The van der Waals surface area contributed by atoms with Gasteiger partial charge in [-0.3, -0.25) is 4.79 Å². The van der Waals surface area contributed by atoms with Crippen LogP contribution in [-0.4, -0.2) is 40.0 Å². The Balaban J connectivity index is 1.66. The van der Waals surface area contributed by atoms with Crippen LogP contribution in [0.5, 0.6) is 5.75 Å². The summed E-state index contributed by atoms with van der Waals surface area (Å²) >= 11 is 0. The SMILES string of the molecule is CNS(=O)(=O)c1ccc(C)c(C(=O)NCC(c2ccc(OC)cc2)c2c[nH]c3ccccc23)c1. The van der Waals surface area contributed by atoms with E-state index in [1.807, 2.05) is 48.7 Å². The largest absolute Gasteiger partial charge is 0.497 e. The summed E-state index contributed by atoms with van der Waals surface area (Å²) in [6, 6.07) is 20.3. The van der Waals surface area contributed by atoms with E-state index in [0.717, 1.165) is 27.8 Å². The van der Waals surface area contributed by atoms with Gasteiger partial charge >= 0.3 is 0 Å². The van der Waals surface area contributed by atoms with E-state index >= 15 is 0 Å². The molecule has 1 aromatic heterocycles. The topological polar surface area (TPSA) is 100 Å². The number of carbonyl (C=O) groups excluding carboxylic acids is 1. The van der Waals surface area contributed by atoms with Crippen molar-refractivity contribution in [1.29, 1.82) is 0 Å². The van der Waals surface area contributed by atoms with Crippen molar-refractivity contribution in [3.63, 3.8) is 0 Å². The molecule has 0 saturated carbocycles. The summed E-state index contributed by atoms with van der Waals surface area (Å²) in [6.07, 6.45) is 1.97. The van der Waals surface area contributed by atoms with E-state index in [1.54, 1.807) is 20.1 Å². The molecule has 0 saturated heterocycles. The Morgan fingerprint density at radius 2 is 1.79 bits per heavy atom. The summed E-state index contributed by atoms with van der Waals surface area (Å²) in [5.41, 5.74) is 4.12. The third-order valence-electron chi connectivity index (χ3n) is 6.01. The number of ether oxygens (including phenoxy) is 1. The van der Waals surface area contributed by atoms with Gasteiger partial charge in [-0.25, -0.2) is 13.1 Å². The van der Waals surface area contributed by atoms with E-state index in [1.165, 1.54) is 19.2 Å². The van der Waals surface area contributed by atoms with Crippen LogP contribution in [0.4, 0.5) is 0 Å². The monoisotopic (exact) mass is 477 g/mol. The number of carbonyl (C=O) groups is 1. The fourth-order valence-corrected chi connectivity index (χ4v) is 4.80. The third kappa shape index (κ3) is 4.69. The number of sulfonamides is 1. The van der Waals surface area contributed by atoms with Crippen LogP contribution < -0.4 is 14.8 Å². The quantitative estimate of drug-likeness (QED) is 0.358. The lowest BCUT2D eigenvalue weighted by atomic mass is 9.90. The summed E-state index contributed by atoms with van der Waals surface area (Å²) in [4.78, 5) is 16.5. The van der Waals surface area contributed by atoms with Crippen LogP contribution in [0.1, 0.15) is 33.0 Å². The Labute approximate surface area is 199 Å². The van der Waals surface area contributed by atoms with Crippen LogP contribution in [0.25, 0.3) is 10.9 Å². The number of nitrogens with one attached hydrogen (secondary N) is 3. The van der Waals surface area contributed by atoms with Gasteiger partial charge in [-0.05, 0) is 61.0 Å². The van der Waals surface area contributed by atoms with E-state index < -0.39 is 10.0 Å². The number of rotatable bonds is 8. The van der Waals surface area contributed by atoms with E-state index in [4.69, 9.17) is 4.74 Å². The van der Waals surface area contributed by atoms with Crippen molar-refractivity contribution in [3.05, 3.63) is 95.2 Å². The summed E-state index contributed by atoms with van der Waals surface area (Å²) in [5, 5.41) is 4.10. The average Bonchev–Trinajstić information content (AvgIpc) is 3.28. The fraction of sp³-hybridized carbons (Fsp3) is 0.192. The number of benzene rings is 3. The molecule has 0 spiro atoms. The maximum Gasteiger partial charge on any atom is 0.251 e. The molecule has 0 aliphatic rings. The second-order valence-corrected chi connectivity index (χ2v) is 9.90. The van der Waals surface area contributed by atoms with Gasteiger partial charge in [0.15, 0.2) is 0 Å². The Bertz CT molecular complexity index is 1430. The third-order valence-corrected chi connectivity index (χ3v) is 7.43. The Morgan fingerprint density at radius 3 is 2.50 bits per heavy atom. The molecule has 0 aliphatic carbocycles. The fourth-order valence-electron chi connectivity index (χ4n) is 4.05. The van der Waals surface area contributed by atoms with Crippen molar-refractivity contribution in [2.24, 2.45) is 0 Å². The van der Waals surface area contributed by atoms with Crippen LogP contribution in [0, 0.1) is 6.92 Å². The number of aromatic amines is 1. The first-order valence-electron chi connectivity index (χ1n) is 10.9. The minimum Gasteiger partial charge on any atom is -0.497 e. The normalized spacial score (nSPS) is 12.4. The number of aromatic nitrogens is 1. The van der Waals surface area contributed by atoms with Gasteiger partial charge in [0.1, 0.15) is 5.75 Å². The minimum atomic E-state index is -3.66. The van der Waals surface area contributed by atoms with Gasteiger partial charge in [-0.2, -0.15) is 0 Å². The molecule has 0 radical (unpaired) electrons. The van der Waals surface area contributed by atoms with E-state index in [0.29, 0.717) is 17.7 Å². The molecule has 1 amide bonds. The zero-order valence-electron chi connectivity index (χ0n) is 19.3. The van der Waals surface area contributed by atoms with Crippen molar-refractivity contribution in [2.45, 2.75) is 17.7 Å². The van der Waals surface area contributed by atoms with E-state index in [9.17, 15) is 13.2 Å². The number of methoxy groups -OCH3 is 1. The molecule has 0 aliphatic heterocycles. The van der Waals surface area contributed by atoms with Gasteiger partial charge in [0.2, 0.25) is 10.0 Å². The van der Waals surface area contributed by atoms with Gasteiger partial charge in [-0.1, -0.05) is 36.4 Å². The molecule has 1 heterocycles. The lowest BCUT2D eigenvalue weighted by molar-refractivity contribution is 0.0951. The average molecular weight is 478 g/mol. The lowest BCUT2D eigenvalue weighted by Crippen LogP contribution is -2.30. The first-order chi connectivity index (χ1) is 16.3. The number of hydrogen-bond donors (Lipinski definition) is 3. The molecule has 7 nitrogen and oxygen atoms in total. The molecule has 1 unspecified atom stereocenters. The predicted molar refractivity (Wildman–Crippen MR) is 133 cm³/mol. The lowest BCUT2D eigenvalue weighted by Gasteiger charge is -2.19. The zero-order chi connectivity index (χ0) is 24.3. The molecule has 1 atom stereocenters. The smallest absolute Gasteiger partial charge is 0.251 e. The highest BCUT2D eigenvalue weighted by Gasteiger charge is 2.21.